The van der Waals surface area contributed by atoms with Crippen LogP contribution in [-0.4, -0.2) is 88.7 Å². The van der Waals surface area contributed by atoms with Crippen LogP contribution in [-0.2, 0) is 29.1 Å². The van der Waals surface area contributed by atoms with Crippen molar-refractivity contribution in [3.63, 3.8) is 0 Å². The van der Waals surface area contributed by atoms with Crippen LogP contribution in [0.2, 0.25) is 5.28 Å². The Morgan fingerprint density at radius 2 is 1.76 bits per heavy atom. The van der Waals surface area contributed by atoms with E-state index in [1.165, 1.54) is 41.3 Å². The molecule has 1 aromatic heterocycles. The van der Waals surface area contributed by atoms with Crippen molar-refractivity contribution in [2.75, 3.05) is 11.9 Å². The Morgan fingerprint density at radius 3 is 2.37 bits per heavy atom. The zero-order valence-electron chi connectivity index (χ0n) is 30.3. The lowest BCUT2D eigenvalue weighted by atomic mass is 9.85. The smallest absolute Gasteiger partial charge is 0.408 e. The fourth-order valence-corrected chi connectivity index (χ4v) is 8.43. The van der Waals surface area contributed by atoms with E-state index in [4.69, 9.17) is 21.1 Å². The Bertz CT molecular complexity index is 1900. The zero-order valence-corrected chi connectivity index (χ0v) is 31.8. The minimum absolute atomic E-state index is 0.0127. The van der Waals surface area contributed by atoms with E-state index in [2.05, 4.69) is 37.2 Å². The minimum Gasteiger partial charge on any atom is -0.472 e. The summed E-state index contributed by atoms with van der Waals surface area (Å²) >= 11 is 6.22. The summed E-state index contributed by atoms with van der Waals surface area (Å²) in [6.07, 6.45) is 3.87. The summed E-state index contributed by atoms with van der Waals surface area (Å²) in [5.41, 5.74) is -1.92. The Morgan fingerprint density at radius 1 is 1.07 bits per heavy atom. The molecule has 3 aliphatic carbocycles. The van der Waals surface area contributed by atoms with E-state index in [-0.39, 0.29) is 42.5 Å². The molecular weight excluding hydrogens is 745 g/mol. The Labute approximate surface area is 318 Å². The van der Waals surface area contributed by atoms with Gasteiger partial charge in [0.2, 0.25) is 33.0 Å². The molecule has 0 radical (unpaired) electrons. The largest absolute Gasteiger partial charge is 0.472 e. The number of anilines is 2. The predicted molar refractivity (Wildman–Crippen MR) is 196 cm³/mol. The summed E-state index contributed by atoms with van der Waals surface area (Å²) in [6.45, 7) is 8.91. The monoisotopic (exact) mass is 789 g/mol. The number of aromatic nitrogens is 2. The van der Waals surface area contributed by atoms with E-state index >= 15 is 0 Å². The summed E-state index contributed by atoms with van der Waals surface area (Å²) in [5, 5.41) is 7.63. The first-order valence-corrected chi connectivity index (χ1v) is 19.9. The van der Waals surface area contributed by atoms with E-state index in [1.807, 2.05) is 0 Å². The number of halogens is 2. The van der Waals surface area contributed by atoms with E-state index in [0.717, 1.165) is 25.7 Å². The maximum atomic E-state index is 14.5. The van der Waals surface area contributed by atoms with Gasteiger partial charge >= 0.3 is 6.09 Å². The average molecular weight is 790 g/mol. The van der Waals surface area contributed by atoms with Crippen LogP contribution in [0.15, 0.2) is 43.0 Å². The highest BCUT2D eigenvalue weighted by Gasteiger charge is 2.62. The van der Waals surface area contributed by atoms with Gasteiger partial charge in [-0.3, -0.25) is 19.1 Å². The fraction of sp³-hybridized carbons (Fsp3) is 0.556. The first-order valence-electron chi connectivity index (χ1n) is 18.0. The van der Waals surface area contributed by atoms with Gasteiger partial charge in [-0.05, 0) is 86.2 Å². The van der Waals surface area contributed by atoms with Gasteiger partial charge in [0.15, 0.2) is 0 Å². The van der Waals surface area contributed by atoms with Crippen LogP contribution < -0.4 is 25.4 Å². The molecule has 4 amide bonds. The van der Waals surface area contributed by atoms with Crippen molar-refractivity contribution >= 4 is 56.9 Å². The molecule has 0 unspecified atom stereocenters. The van der Waals surface area contributed by atoms with Crippen molar-refractivity contribution < 1.29 is 41.5 Å². The highest BCUT2D eigenvalue weighted by atomic mass is 35.5. The Hall–Kier alpha value is -4.51. The number of carbonyl (C=O) groups excluding carboxylic acids is 4. The molecule has 4 fully saturated rings. The van der Waals surface area contributed by atoms with Crippen molar-refractivity contribution in [1.82, 2.24) is 30.2 Å². The fourth-order valence-electron chi connectivity index (χ4n) is 6.89. The molecule has 0 spiro atoms. The van der Waals surface area contributed by atoms with Crippen LogP contribution in [0.1, 0.15) is 72.1 Å². The molecule has 4 N–H and O–H groups in total. The molecule has 15 nitrogen and oxygen atoms in total. The average Bonchev–Trinajstić information content (AvgIpc) is 3.97. The molecular formula is C36H45ClFN7O8S. The molecule has 54 heavy (non-hydrogen) atoms. The second kappa shape index (κ2) is 15.3. The molecule has 0 bridgehead atoms. The molecule has 292 valence electrons. The standard InChI is InChI=1S/C36H45ClFN7O8S/c1-5-20-18-36(20,32(48)44-54(50,51)25-14-15-25)43-30(46)26-16-24(52-28-17-27(40-33(37)41-28)39-22-12-10-21(38)11-13-22)19-45(26)31(47)29(35(2,3)4)42-34(49)53-23-8-6-7-9-23/h5,10-13,17,20,23-26,29H,1,6-9,14-16,18-19H2,2-4H3,(H,42,49)(H,43,46)(H,44,48)(H,39,40,41)/t20-,24-,26+,29-,36-/m1/s1. The maximum Gasteiger partial charge on any atom is 0.408 e. The quantitative estimate of drug-likeness (QED) is 0.168. The van der Waals surface area contributed by atoms with Crippen molar-refractivity contribution in [3.8, 4) is 5.88 Å². The van der Waals surface area contributed by atoms with Gasteiger partial charge in [-0.2, -0.15) is 4.98 Å². The first kappa shape index (κ1) is 39.2. The summed E-state index contributed by atoms with van der Waals surface area (Å²) in [5.74, 6) is -2.93. The van der Waals surface area contributed by atoms with Gasteiger partial charge in [-0.1, -0.05) is 26.8 Å². The molecule has 5 atom stereocenters. The molecule has 18 heteroatoms. The maximum absolute atomic E-state index is 14.5. The minimum atomic E-state index is -3.93. The number of nitrogens with zero attached hydrogens (tertiary/aromatic N) is 3. The number of hydrogen-bond donors (Lipinski definition) is 4. The van der Waals surface area contributed by atoms with Crippen LogP contribution in [0.5, 0.6) is 5.88 Å². The number of alkyl carbamates (subject to hydrolysis) is 1. The van der Waals surface area contributed by atoms with Crippen molar-refractivity contribution in [2.45, 2.75) is 107 Å². The lowest BCUT2D eigenvalue weighted by molar-refractivity contribution is -0.143. The molecule has 6 rings (SSSR count). The summed E-state index contributed by atoms with van der Waals surface area (Å²) in [7, 11) is -3.93. The number of ether oxygens (including phenoxy) is 2. The number of carbonyl (C=O) groups is 4. The Kier molecular flexibility index (Phi) is 11.1. The topological polar surface area (TPSA) is 198 Å². The van der Waals surface area contributed by atoms with Crippen molar-refractivity contribution in [1.29, 1.82) is 0 Å². The third-order valence-corrected chi connectivity index (χ3v) is 12.1. The van der Waals surface area contributed by atoms with Crippen LogP contribution in [0.25, 0.3) is 0 Å². The molecule has 2 aromatic rings. The SMILES string of the molecule is C=C[C@@H]1C[C@]1(NC(=O)[C@@H]1C[C@@H](Oc2cc(Nc3ccc(F)cc3)nc(Cl)n2)CN1C(=O)[C@@H](NC(=O)OC1CCCC1)C(C)(C)C)C(=O)NS(=O)(=O)C1CC1. The van der Waals surface area contributed by atoms with Crippen LogP contribution >= 0.6 is 11.6 Å². The number of likely N-dealkylation sites (tertiary alicyclic amines) is 1. The summed E-state index contributed by atoms with van der Waals surface area (Å²) < 4.78 is 52.7. The molecule has 4 aliphatic rings. The van der Waals surface area contributed by atoms with Gasteiger partial charge in [-0.25, -0.2) is 22.6 Å². The second-order valence-corrected chi connectivity index (χ2v) is 17.7. The highest BCUT2D eigenvalue weighted by Crippen LogP contribution is 2.45. The molecule has 1 saturated heterocycles. The van der Waals surface area contributed by atoms with E-state index in [0.29, 0.717) is 18.5 Å². The summed E-state index contributed by atoms with van der Waals surface area (Å²) in [4.78, 5) is 64.8. The number of benzene rings is 1. The second-order valence-electron chi connectivity index (χ2n) is 15.4. The number of rotatable bonds is 13. The van der Waals surface area contributed by atoms with E-state index in [1.54, 1.807) is 20.8 Å². The normalized spacial score (nSPS) is 24.6. The van der Waals surface area contributed by atoms with Crippen molar-refractivity contribution in [2.24, 2.45) is 11.3 Å². The number of hydrogen-bond acceptors (Lipinski definition) is 11. The summed E-state index contributed by atoms with van der Waals surface area (Å²) in [6, 6.07) is 4.64. The van der Waals surface area contributed by atoms with Gasteiger partial charge in [0.25, 0.3) is 5.91 Å². The van der Waals surface area contributed by atoms with Crippen molar-refractivity contribution in [3.05, 3.63) is 54.1 Å². The van der Waals surface area contributed by atoms with Gasteiger partial charge in [0.1, 0.15) is 41.5 Å². The van der Waals surface area contributed by atoms with Gasteiger partial charge in [0.05, 0.1) is 11.8 Å². The van der Waals surface area contributed by atoms with Crippen LogP contribution in [0, 0.1) is 17.2 Å². The molecule has 1 aromatic carbocycles. The number of nitrogens with one attached hydrogen (secondary N) is 4. The predicted octanol–water partition coefficient (Wildman–Crippen LogP) is 4.11. The zero-order chi connectivity index (χ0) is 39.0. The van der Waals surface area contributed by atoms with Gasteiger partial charge in [0, 0.05) is 24.1 Å². The number of amides is 4. The van der Waals surface area contributed by atoms with Crippen LogP contribution in [0.4, 0.5) is 20.7 Å². The molecule has 1 aliphatic heterocycles. The third-order valence-electron chi connectivity index (χ3n) is 10.1. The number of sulfonamides is 1. The van der Waals surface area contributed by atoms with Crippen LogP contribution in [0.3, 0.4) is 0 Å². The first-order chi connectivity index (χ1) is 25.5. The molecule has 2 heterocycles. The van der Waals surface area contributed by atoms with Gasteiger partial charge < -0.3 is 30.3 Å². The van der Waals surface area contributed by atoms with E-state index in [9.17, 15) is 32.0 Å². The lowest BCUT2D eigenvalue weighted by Crippen LogP contribution is -2.60. The Balaban J connectivity index is 1.25. The van der Waals surface area contributed by atoms with Gasteiger partial charge in [-0.15, -0.1) is 6.58 Å². The molecule has 3 saturated carbocycles. The third kappa shape index (κ3) is 9.05. The highest BCUT2D eigenvalue weighted by molar-refractivity contribution is 7.91. The van der Waals surface area contributed by atoms with E-state index < -0.39 is 80.0 Å². The lowest BCUT2D eigenvalue weighted by Gasteiger charge is -2.35.